The molecule has 1 atom stereocenters. The maximum absolute atomic E-state index is 12.1. The van der Waals surface area contributed by atoms with Gasteiger partial charge in [-0.05, 0) is 37.4 Å². The van der Waals surface area contributed by atoms with Crippen LogP contribution in [-0.4, -0.2) is 18.4 Å². The summed E-state index contributed by atoms with van der Waals surface area (Å²) in [5, 5.41) is 3.38. The molecule has 0 saturated carbocycles. The Morgan fingerprint density at radius 3 is 3.06 bits per heavy atom. The largest absolute Gasteiger partial charge is 0.314 e. The number of benzene rings is 1. The van der Waals surface area contributed by atoms with Crippen molar-refractivity contribution < 1.29 is 4.79 Å². The summed E-state index contributed by atoms with van der Waals surface area (Å²) in [5.74, 6) is 0.280. The van der Waals surface area contributed by atoms with Crippen LogP contribution in [0.4, 0.5) is 0 Å². The van der Waals surface area contributed by atoms with E-state index in [1.807, 2.05) is 12.1 Å². The molecule has 1 aromatic rings. The first kappa shape index (κ1) is 12.3. The van der Waals surface area contributed by atoms with Crippen molar-refractivity contribution in [3.05, 3.63) is 35.4 Å². The summed E-state index contributed by atoms with van der Waals surface area (Å²) >= 11 is 0. The highest BCUT2D eigenvalue weighted by Gasteiger charge is 2.18. The summed E-state index contributed by atoms with van der Waals surface area (Å²) in [6, 6.07) is 8.50. The van der Waals surface area contributed by atoms with Gasteiger partial charge in [0.25, 0.3) is 0 Å². The van der Waals surface area contributed by atoms with Crippen LogP contribution in [0.1, 0.15) is 48.5 Å². The summed E-state index contributed by atoms with van der Waals surface area (Å²) in [6.45, 7) is 3.23. The van der Waals surface area contributed by atoms with Crippen LogP contribution < -0.4 is 5.32 Å². The fourth-order valence-corrected chi connectivity index (χ4v) is 2.46. The normalized spacial score (nSPS) is 19.5. The van der Waals surface area contributed by atoms with E-state index < -0.39 is 0 Å². The lowest BCUT2D eigenvalue weighted by Crippen LogP contribution is -2.24. The van der Waals surface area contributed by atoms with Crippen LogP contribution in [0, 0.1) is 0 Å². The average molecular weight is 231 g/mol. The lowest BCUT2D eigenvalue weighted by atomic mass is 9.99. The third-order valence-electron chi connectivity index (χ3n) is 3.38. The van der Waals surface area contributed by atoms with Gasteiger partial charge in [-0.25, -0.2) is 0 Å². The van der Waals surface area contributed by atoms with Crippen LogP contribution in [-0.2, 0) is 6.42 Å². The molecule has 0 aromatic heterocycles. The van der Waals surface area contributed by atoms with Crippen molar-refractivity contribution in [1.29, 1.82) is 0 Å². The Morgan fingerprint density at radius 1 is 1.47 bits per heavy atom. The molecular formula is C15H21NO. The Kier molecular flexibility index (Phi) is 4.32. The zero-order chi connectivity index (χ0) is 12.1. The molecule has 1 aromatic carbocycles. The number of hydrogen-bond donors (Lipinski definition) is 1. The molecule has 1 heterocycles. The van der Waals surface area contributed by atoms with E-state index in [-0.39, 0.29) is 5.78 Å². The van der Waals surface area contributed by atoms with Crippen LogP contribution >= 0.6 is 0 Å². The molecule has 0 amide bonds. The van der Waals surface area contributed by atoms with E-state index in [4.69, 9.17) is 0 Å². The van der Waals surface area contributed by atoms with Crippen LogP contribution in [0.15, 0.2) is 24.3 Å². The van der Waals surface area contributed by atoms with Crippen LogP contribution in [0.2, 0.25) is 0 Å². The third kappa shape index (κ3) is 3.40. The maximum atomic E-state index is 12.1. The number of carbonyl (C=O) groups is 1. The van der Waals surface area contributed by atoms with Crippen LogP contribution in [0.25, 0.3) is 0 Å². The standard InChI is InChI=1S/C15H21NO/c1-2-5-12-6-3-7-13(10-12)15(17)11-14-8-4-9-16-14/h3,6-7,10,14,16H,2,4-5,8-9,11H2,1H3. The molecule has 1 aliphatic heterocycles. The Bertz CT molecular complexity index is 380. The van der Waals surface area contributed by atoms with E-state index in [0.29, 0.717) is 12.5 Å². The van der Waals surface area contributed by atoms with E-state index >= 15 is 0 Å². The van der Waals surface area contributed by atoms with E-state index in [2.05, 4.69) is 24.4 Å². The molecule has 2 rings (SSSR count). The van der Waals surface area contributed by atoms with Gasteiger partial charge in [-0.2, -0.15) is 0 Å². The topological polar surface area (TPSA) is 29.1 Å². The highest BCUT2D eigenvalue weighted by molar-refractivity contribution is 5.96. The molecule has 1 fully saturated rings. The molecule has 2 heteroatoms. The van der Waals surface area contributed by atoms with E-state index in [1.165, 1.54) is 12.0 Å². The average Bonchev–Trinajstić information content (AvgIpc) is 2.83. The Hall–Kier alpha value is -1.15. The van der Waals surface area contributed by atoms with Gasteiger partial charge in [-0.1, -0.05) is 31.5 Å². The molecule has 0 spiro atoms. The number of ketones is 1. The second-order valence-corrected chi connectivity index (χ2v) is 4.87. The lowest BCUT2D eigenvalue weighted by molar-refractivity contribution is 0.0971. The van der Waals surface area contributed by atoms with Crippen molar-refractivity contribution in [3.63, 3.8) is 0 Å². The van der Waals surface area contributed by atoms with Gasteiger partial charge in [0.2, 0.25) is 0 Å². The van der Waals surface area contributed by atoms with Crippen LogP contribution in [0.3, 0.4) is 0 Å². The number of aryl methyl sites for hydroxylation is 1. The second-order valence-electron chi connectivity index (χ2n) is 4.87. The predicted octanol–water partition coefficient (Wildman–Crippen LogP) is 2.96. The Morgan fingerprint density at radius 2 is 2.35 bits per heavy atom. The first-order chi connectivity index (χ1) is 8.29. The van der Waals surface area contributed by atoms with Gasteiger partial charge in [0.1, 0.15) is 0 Å². The van der Waals surface area contributed by atoms with E-state index in [0.717, 1.165) is 31.4 Å². The van der Waals surface area contributed by atoms with Gasteiger partial charge in [-0.3, -0.25) is 4.79 Å². The Labute approximate surface area is 103 Å². The van der Waals surface area contributed by atoms with Crippen LogP contribution in [0.5, 0.6) is 0 Å². The minimum Gasteiger partial charge on any atom is -0.314 e. The smallest absolute Gasteiger partial charge is 0.164 e. The second kappa shape index (κ2) is 5.97. The zero-order valence-electron chi connectivity index (χ0n) is 10.5. The molecule has 0 radical (unpaired) electrons. The van der Waals surface area contributed by atoms with Crippen molar-refractivity contribution in [2.75, 3.05) is 6.54 Å². The molecule has 17 heavy (non-hydrogen) atoms. The molecule has 1 unspecified atom stereocenters. The summed E-state index contributed by atoms with van der Waals surface area (Å²) in [5.41, 5.74) is 2.15. The first-order valence-electron chi connectivity index (χ1n) is 6.65. The zero-order valence-corrected chi connectivity index (χ0v) is 10.5. The molecule has 1 N–H and O–H groups in total. The quantitative estimate of drug-likeness (QED) is 0.789. The van der Waals surface area contributed by atoms with Crippen molar-refractivity contribution in [2.45, 2.75) is 45.1 Å². The van der Waals surface area contributed by atoms with Gasteiger partial charge < -0.3 is 5.32 Å². The van der Waals surface area contributed by atoms with E-state index in [1.54, 1.807) is 0 Å². The molecule has 1 saturated heterocycles. The van der Waals surface area contributed by atoms with Crippen molar-refractivity contribution in [3.8, 4) is 0 Å². The van der Waals surface area contributed by atoms with Gasteiger partial charge >= 0.3 is 0 Å². The summed E-state index contributed by atoms with van der Waals surface area (Å²) in [4.78, 5) is 12.1. The van der Waals surface area contributed by atoms with Gasteiger partial charge in [0, 0.05) is 18.0 Å². The fourth-order valence-electron chi connectivity index (χ4n) is 2.46. The minimum atomic E-state index is 0.280. The molecule has 1 aliphatic rings. The molecule has 2 nitrogen and oxygen atoms in total. The van der Waals surface area contributed by atoms with Crippen molar-refractivity contribution in [2.24, 2.45) is 0 Å². The van der Waals surface area contributed by atoms with Gasteiger partial charge in [0.05, 0.1) is 0 Å². The number of nitrogens with one attached hydrogen (secondary N) is 1. The highest BCUT2D eigenvalue weighted by Crippen LogP contribution is 2.14. The van der Waals surface area contributed by atoms with Gasteiger partial charge in [0.15, 0.2) is 5.78 Å². The van der Waals surface area contributed by atoms with Crippen molar-refractivity contribution in [1.82, 2.24) is 5.32 Å². The molecular weight excluding hydrogens is 210 g/mol. The fraction of sp³-hybridized carbons (Fsp3) is 0.533. The monoisotopic (exact) mass is 231 g/mol. The first-order valence-corrected chi connectivity index (χ1v) is 6.65. The SMILES string of the molecule is CCCc1cccc(C(=O)CC2CCCN2)c1. The third-order valence-corrected chi connectivity index (χ3v) is 3.38. The molecule has 0 aliphatic carbocycles. The van der Waals surface area contributed by atoms with E-state index in [9.17, 15) is 4.79 Å². The Balaban J connectivity index is 1.99. The highest BCUT2D eigenvalue weighted by atomic mass is 16.1. The number of carbonyl (C=O) groups excluding carboxylic acids is 1. The predicted molar refractivity (Wildman–Crippen MR) is 70.4 cm³/mol. The number of Topliss-reactive ketones (excluding diaryl/α,β-unsaturated/α-hetero) is 1. The maximum Gasteiger partial charge on any atom is 0.164 e. The minimum absolute atomic E-state index is 0.280. The molecule has 92 valence electrons. The number of rotatable bonds is 5. The molecule has 0 bridgehead atoms. The van der Waals surface area contributed by atoms with Crippen molar-refractivity contribution >= 4 is 5.78 Å². The summed E-state index contributed by atoms with van der Waals surface area (Å²) < 4.78 is 0. The summed E-state index contributed by atoms with van der Waals surface area (Å²) in [6.07, 6.45) is 5.18. The van der Waals surface area contributed by atoms with Gasteiger partial charge in [-0.15, -0.1) is 0 Å². The summed E-state index contributed by atoms with van der Waals surface area (Å²) in [7, 11) is 0. The number of hydrogen-bond acceptors (Lipinski definition) is 2. The lowest BCUT2D eigenvalue weighted by Gasteiger charge is -2.09.